The minimum atomic E-state index is -0.279. The molecule has 4 N–H and O–H groups in total. The van der Waals surface area contributed by atoms with Gasteiger partial charge in [0, 0.05) is 24.5 Å². The minimum Gasteiger partial charge on any atom is -0.506 e. The number of aromatic nitrogens is 1. The third kappa shape index (κ3) is 3.69. The van der Waals surface area contributed by atoms with Crippen LogP contribution in [0.15, 0.2) is 66.7 Å². The first-order valence-corrected chi connectivity index (χ1v) is 7.70. The zero-order chi connectivity index (χ0) is 17.8. The summed E-state index contributed by atoms with van der Waals surface area (Å²) in [6.45, 7) is 0. The van der Waals surface area contributed by atoms with E-state index in [0.29, 0.717) is 17.2 Å². The fourth-order valence-electron chi connectivity index (χ4n) is 2.38. The monoisotopic (exact) mass is 334 g/mol. The van der Waals surface area contributed by atoms with Crippen molar-refractivity contribution in [2.24, 2.45) is 0 Å². The highest BCUT2D eigenvalue weighted by Crippen LogP contribution is 2.26. The zero-order valence-corrected chi connectivity index (χ0v) is 13.7. The smallest absolute Gasteiger partial charge is 0.276 e. The van der Waals surface area contributed by atoms with Crippen molar-refractivity contribution in [1.29, 1.82) is 0 Å². The van der Waals surface area contributed by atoms with Crippen molar-refractivity contribution in [3.8, 4) is 5.75 Å². The number of nitrogen functional groups attached to an aromatic ring is 1. The summed E-state index contributed by atoms with van der Waals surface area (Å²) in [5.41, 5.74) is 7.77. The average Bonchev–Trinajstić information content (AvgIpc) is 2.62. The topological polar surface area (TPSA) is 91.5 Å². The van der Waals surface area contributed by atoms with Crippen molar-refractivity contribution >= 4 is 28.8 Å². The number of hydrogen-bond donors (Lipinski definition) is 3. The van der Waals surface area contributed by atoms with E-state index in [1.807, 2.05) is 30.3 Å². The van der Waals surface area contributed by atoms with Crippen LogP contribution in [-0.4, -0.2) is 23.0 Å². The molecule has 126 valence electrons. The molecule has 6 heteroatoms. The molecule has 1 heterocycles. The third-order valence-electron chi connectivity index (χ3n) is 3.68. The lowest BCUT2D eigenvalue weighted by atomic mass is 10.2. The molecule has 1 amide bonds. The molecule has 3 rings (SSSR count). The van der Waals surface area contributed by atoms with Crippen LogP contribution in [0.25, 0.3) is 0 Å². The van der Waals surface area contributed by atoms with E-state index in [2.05, 4.69) is 10.3 Å². The molecule has 0 radical (unpaired) electrons. The first-order chi connectivity index (χ1) is 12.0. The van der Waals surface area contributed by atoms with Crippen LogP contribution in [0.5, 0.6) is 5.75 Å². The number of phenols is 1. The molecule has 0 unspecified atom stereocenters. The Morgan fingerprint density at radius 3 is 2.48 bits per heavy atom. The molecule has 0 fully saturated rings. The number of hydrogen-bond acceptors (Lipinski definition) is 5. The van der Waals surface area contributed by atoms with Crippen LogP contribution in [0.4, 0.5) is 22.9 Å². The predicted octanol–water partition coefficient (Wildman–Crippen LogP) is 3.39. The second-order valence-electron chi connectivity index (χ2n) is 5.51. The van der Waals surface area contributed by atoms with E-state index in [1.54, 1.807) is 37.4 Å². The van der Waals surface area contributed by atoms with E-state index in [9.17, 15) is 9.90 Å². The van der Waals surface area contributed by atoms with Crippen molar-refractivity contribution in [2.45, 2.75) is 0 Å². The van der Waals surface area contributed by atoms with Gasteiger partial charge in [-0.2, -0.15) is 0 Å². The van der Waals surface area contributed by atoms with E-state index in [-0.39, 0.29) is 17.4 Å². The summed E-state index contributed by atoms with van der Waals surface area (Å²) in [6, 6.07) is 19.2. The molecule has 0 spiro atoms. The summed E-state index contributed by atoms with van der Waals surface area (Å²) in [7, 11) is 1.68. The number of rotatable bonds is 4. The number of phenolic OH excluding ortho intramolecular Hbond substituents is 1. The van der Waals surface area contributed by atoms with Crippen molar-refractivity contribution in [3.63, 3.8) is 0 Å². The van der Waals surface area contributed by atoms with Gasteiger partial charge in [0.25, 0.3) is 5.91 Å². The fourth-order valence-corrected chi connectivity index (χ4v) is 2.38. The van der Waals surface area contributed by atoms with Gasteiger partial charge < -0.3 is 21.1 Å². The molecule has 0 aliphatic carbocycles. The Morgan fingerprint density at radius 2 is 1.76 bits per heavy atom. The van der Waals surface area contributed by atoms with Crippen molar-refractivity contribution < 1.29 is 9.90 Å². The zero-order valence-electron chi connectivity index (χ0n) is 13.7. The van der Waals surface area contributed by atoms with E-state index >= 15 is 0 Å². The van der Waals surface area contributed by atoms with Crippen LogP contribution in [0.3, 0.4) is 0 Å². The number of pyridine rings is 1. The first-order valence-electron chi connectivity index (χ1n) is 7.70. The maximum atomic E-state index is 12.7. The van der Waals surface area contributed by atoms with Crippen LogP contribution < -0.4 is 16.0 Å². The number of nitrogens with one attached hydrogen (secondary N) is 1. The molecule has 0 saturated carbocycles. The number of carbonyl (C=O) groups excluding carboxylic acids is 1. The van der Waals surface area contributed by atoms with Gasteiger partial charge in [-0.05, 0) is 30.3 Å². The second-order valence-corrected chi connectivity index (χ2v) is 5.51. The number of nitrogens with zero attached hydrogens (tertiary/aromatic N) is 2. The van der Waals surface area contributed by atoms with Crippen LogP contribution in [-0.2, 0) is 0 Å². The number of carbonyl (C=O) groups is 1. The number of aromatic hydroxyl groups is 1. The van der Waals surface area contributed by atoms with Gasteiger partial charge in [-0.15, -0.1) is 0 Å². The lowest BCUT2D eigenvalue weighted by Gasteiger charge is -2.17. The van der Waals surface area contributed by atoms with Gasteiger partial charge in [0.1, 0.15) is 17.3 Å². The summed E-state index contributed by atoms with van der Waals surface area (Å²) < 4.78 is 0. The largest absolute Gasteiger partial charge is 0.506 e. The lowest BCUT2D eigenvalue weighted by Crippen LogP contribution is -2.27. The highest BCUT2D eigenvalue weighted by atomic mass is 16.3. The third-order valence-corrected chi connectivity index (χ3v) is 3.68. The van der Waals surface area contributed by atoms with E-state index in [4.69, 9.17) is 5.73 Å². The highest BCUT2D eigenvalue weighted by molar-refractivity contribution is 6.05. The Labute approximate surface area is 145 Å². The Kier molecular flexibility index (Phi) is 4.52. The summed E-state index contributed by atoms with van der Waals surface area (Å²) >= 11 is 0. The summed E-state index contributed by atoms with van der Waals surface area (Å²) in [6.07, 6.45) is 0. The average molecular weight is 334 g/mol. The Morgan fingerprint density at radius 1 is 1.08 bits per heavy atom. The van der Waals surface area contributed by atoms with E-state index in [1.165, 1.54) is 11.0 Å². The van der Waals surface area contributed by atoms with Gasteiger partial charge in [-0.25, -0.2) is 4.98 Å². The van der Waals surface area contributed by atoms with E-state index < -0.39 is 0 Å². The molecule has 2 aromatic carbocycles. The summed E-state index contributed by atoms with van der Waals surface area (Å²) in [5, 5.41) is 12.8. The molecule has 6 nitrogen and oxygen atoms in total. The molecule has 0 saturated heterocycles. The molecular formula is C19H18N4O2. The summed E-state index contributed by atoms with van der Waals surface area (Å²) in [5.74, 6) is 0.186. The number of para-hydroxylation sites is 3. The molecule has 0 bridgehead atoms. The number of amides is 1. The molecule has 0 aliphatic rings. The minimum absolute atomic E-state index is 0.0843. The molecule has 1 aromatic heterocycles. The lowest BCUT2D eigenvalue weighted by molar-refractivity contribution is 0.0988. The number of nitrogens with two attached hydrogens (primary N) is 1. The Hall–Kier alpha value is -3.54. The Balaban J connectivity index is 1.89. The van der Waals surface area contributed by atoms with Gasteiger partial charge in [-0.1, -0.05) is 30.3 Å². The fraction of sp³-hybridized carbons (Fsp3) is 0.0526. The van der Waals surface area contributed by atoms with Gasteiger partial charge in [-0.3, -0.25) is 4.79 Å². The molecule has 25 heavy (non-hydrogen) atoms. The van der Waals surface area contributed by atoms with Crippen molar-refractivity contribution in [2.75, 3.05) is 23.0 Å². The SMILES string of the molecule is CN(C(=O)c1cc(N)cc(Nc2ccccc2O)n1)c1ccccc1. The second kappa shape index (κ2) is 6.92. The highest BCUT2D eigenvalue weighted by Gasteiger charge is 2.16. The number of anilines is 4. The number of benzene rings is 2. The molecule has 3 aromatic rings. The molecule has 0 atom stereocenters. The summed E-state index contributed by atoms with van der Waals surface area (Å²) in [4.78, 5) is 18.5. The Bertz CT molecular complexity index is 897. The van der Waals surface area contributed by atoms with E-state index in [0.717, 1.165) is 5.69 Å². The normalized spacial score (nSPS) is 10.3. The van der Waals surface area contributed by atoms with Gasteiger partial charge in [0.05, 0.1) is 5.69 Å². The van der Waals surface area contributed by atoms with Crippen molar-refractivity contribution in [1.82, 2.24) is 4.98 Å². The molecular weight excluding hydrogens is 316 g/mol. The van der Waals surface area contributed by atoms with Crippen LogP contribution >= 0.6 is 0 Å². The standard InChI is InChI=1S/C19H18N4O2/c1-23(14-7-3-2-4-8-14)19(25)16-11-13(20)12-18(22-16)21-15-9-5-6-10-17(15)24/h2-12,24H,1H3,(H3,20,21,22). The van der Waals surface area contributed by atoms with Gasteiger partial charge >= 0.3 is 0 Å². The van der Waals surface area contributed by atoms with Crippen LogP contribution in [0.2, 0.25) is 0 Å². The van der Waals surface area contributed by atoms with Crippen LogP contribution in [0, 0.1) is 0 Å². The first kappa shape index (κ1) is 16.3. The maximum absolute atomic E-state index is 12.7. The van der Waals surface area contributed by atoms with Gasteiger partial charge in [0.15, 0.2) is 0 Å². The van der Waals surface area contributed by atoms with Gasteiger partial charge in [0.2, 0.25) is 0 Å². The van der Waals surface area contributed by atoms with Crippen molar-refractivity contribution in [3.05, 3.63) is 72.4 Å². The predicted molar refractivity (Wildman–Crippen MR) is 99.2 cm³/mol. The molecule has 0 aliphatic heterocycles. The maximum Gasteiger partial charge on any atom is 0.276 e. The van der Waals surface area contributed by atoms with Crippen LogP contribution in [0.1, 0.15) is 10.5 Å². The quantitative estimate of drug-likeness (QED) is 0.636.